The first kappa shape index (κ1) is 28.4. The van der Waals surface area contributed by atoms with Gasteiger partial charge >= 0.3 is 0 Å². The van der Waals surface area contributed by atoms with Crippen LogP contribution >= 0.6 is 15.9 Å². The van der Waals surface area contributed by atoms with E-state index in [-0.39, 0.29) is 36.7 Å². The van der Waals surface area contributed by atoms with Crippen LogP contribution in [0.2, 0.25) is 0 Å². The SMILES string of the molecule is Cc1cc(OCC(=O)N(Cc2ccc(F)cc2)[C@@H](Cc2ccccc2)C(=O)NCC(C)C)cc(C)c1Br. The van der Waals surface area contributed by atoms with E-state index in [2.05, 4.69) is 21.2 Å². The van der Waals surface area contributed by atoms with E-state index < -0.39 is 6.04 Å². The number of rotatable bonds is 11. The number of benzene rings is 3. The lowest BCUT2D eigenvalue weighted by Gasteiger charge is -2.31. The third kappa shape index (κ3) is 8.42. The van der Waals surface area contributed by atoms with Crippen LogP contribution in [0, 0.1) is 25.6 Å². The van der Waals surface area contributed by atoms with E-state index in [0.717, 1.165) is 26.7 Å². The lowest BCUT2D eigenvalue weighted by Crippen LogP contribution is -2.52. The van der Waals surface area contributed by atoms with Gasteiger partial charge in [-0.25, -0.2) is 4.39 Å². The summed E-state index contributed by atoms with van der Waals surface area (Å²) in [6, 6.07) is 18.5. The molecule has 0 bridgehead atoms. The molecule has 3 aromatic rings. The fraction of sp³-hybridized carbons (Fsp3) is 0.333. The van der Waals surface area contributed by atoms with Crippen molar-refractivity contribution in [2.45, 2.75) is 46.7 Å². The molecule has 0 aliphatic rings. The molecule has 0 aliphatic carbocycles. The quantitative estimate of drug-likeness (QED) is 0.309. The van der Waals surface area contributed by atoms with Crippen LogP contribution < -0.4 is 10.1 Å². The van der Waals surface area contributed by atoms with Crippen LogP contribution in [0.1, 0.15) is 36.1 Å². The smallest absolute Gasteiger partial charge is 0.261 e. The van der Waals surface area contributed by atoms with E-state index in [1.807, 2.05) is 70.2 Å². The number of ether oxygens (including phenoxy) is 1. The van der Waals surface area contributed by atoms with E-state index in [1.54, 1.807) is 12.1 Å². The number of carbonyl (C=O) groups is 2. The minimum Gasteiger partial charge on any atom is -0.484 e. The third-order valence-electron chi connectivity index (χ3n) is 5.99. The fourth-order valence-corrected chi connectivity index (χ4v) is 4.21. The van der Waals surface area contributed by atoms with E-state index in [4.69, 9.17) is 4.74 Å². The van der Waals surface area contributed by atoms with Gasteiger partial charge in [-0.2, -0.15) is 0 Å². The van der Waals surface area contributed by atoms with Gasteiger partial charge in [0.05, 0.1) is 0 Å². The summed E-state index contributed by atoms with van der Waals surface area (Å²) < 4.78 is 20.5. The molecule has 0 fully saturated rings. The van der Waals surface area contributed by atoms with Crippen molar-refractivity contribution in [1.82, 2.24) is 10.2 Å². The van der Waals surface area contributed by atoms with Crippen molar-refractivity contribution in [3.63, 3.8) is 0 Å². The van der Waals surface area contributed by atoms with Gasteiger partial charge in [-0.1, -0.05) is 72.2 Å². The number of aryl methyl sites for hydroxylation is 2. The van der Waals surface area contributed by atoms with E-state index in [0.29, 0.717) is 18.7 Å². The number of hydrogen-bond donors (Lipinski definition) is 1. The van der Waals surface area contributed by atoms with Crippen molar-refractivity contribution >= 4 is 27.7 Å². The Morgan fingerprint density at radius 2 is 1.59 bits per heavy atom. The van der Waals surface area contributed by atoms with Gasteiger partial charge in [0.15, 0.2) is 6.61 Å². The molecule has 1 N–H and O–H groups in total. The van der Waals surface area contributed by atoms with Crippen LogP contribution in [-0.4, -0.2) is 35.9 Å². The first-order valence-electron chi connectivity index (χ1n) is 12.4. The van der Waals surface area contributed by atoms with Gasteiger partial charge < -0.3 is 15.0 Å². The number of carbonyl (C=O) groups excluding carboxylic acids is 2. The molecule has 1 atom stereocenters. The number of hydrogen-bond acceptors (Lipinski definition) is 3. The molecule has 2 amide bonds. The van der Waals surface area contributed by atoms with Crippen molar-refractivity contribution in [3.05, 3.63) is 99.3 Å². The summed E-state index contributed by atoms with van der Waals surface area (Å²) in [5.74, 6) is -0.0834. The van der Waals surface area contributed by atoms with Gasteiger partial charge in [-0.15, -0.1) is 0 Å². The second-order valence-corrected chi connectivity index (χ2v) is 10.4. The Hall–Kier alpha value is -3.19. The van der Waals surface area contributed by atoms with Gasteiger partial charge in [-0.3, -0.25) is 9.59 Å². The number of nitrogens with zero attached hydrogens (tertiary/aromatic N) is 1. The maximum Gasteiger partial charge on any atom is 0.261 e. The maximum absolute atomic E-state index is 13.6. The summed E-state index contributed by atoms with van der Waals surface area (Å²) in [7, 11) is 0. The molecule has 5 nitrogen and oxygen atoms in total. The van der Waals surface area contributed by atoms with Gasteiger partial charge in [0.2, 0.25) is 5.91 Å². The highest BCUT2D eigenvalue weighted by Gasteiger charge is 2.30. The minimum atomic E-state index is -0.768. The second-order valence-electron chi connectivity index (χ2n) is 9.65. The van der Waals surface area contributed by atoms with Gasteiger partial charge in [0.1, 0.15) is 17.6 Å². The Kier molecular flexibility index (Phi) is 10.3. The van der Waals surface area contributed by atoms with Crippen molar-refractivity contribution in [3.8, 4) is 5.75 Å². The second kappa shape index (κ2) is 13.4. The molecule has 3 aromatic carbocycles. The van der Waals surface area contributed by atoms with E-state index >= 15 is 0 Å². The van der Waals surface area contributed by atoms with Crippen LogP contribution in [-0.2, 0) is 22.6 Å². The highest BCUT2D eigenvalue weighted by Crippen LogP contribution is 2.26. The van der Waals surface area contributed by atoms with Gasteiger partial charge in [0.25, 0.3) is 5.91 Å². The van der Waals surface area contributed by atoms with Crippen LogP contribution in [0.3, 0.4) is 0 Å². The summed E-state index contributed by atoms with van der Waals surface area (Å²) in [5, 5.41) is 2.99. The molecule has 0 heterocycles. The number of amides is 2. The molecule has 0 spiro atoms. The number of nitrogens with one attached hydrogen (secondary N) is 1. The third-order valence-corrected chi connectivity index (χ3v) is 7.24. The average molecular weight is 570 g/mol. The van der Waals surface area contributed by atoms with Crippen molar-refractivity contribution in [2.24, 2.45) is 5.92 Å². The molecule has 37 heavy (non-hydrogen) atoms. The molecule has 0 unspecified atom stereocenters. The average Bonchev–Trinajstić information content (AvgIpc) is 2.88. The Morgan fingerprint density at radius 3 is 2.19 bits per heavy atom. The largest absolute Gasteiger partial charge is 0.484 e. The van der Waals surface area contributed by atoms with Crippen LogP contribution in [0.15, 0.2) is 71.2 Å². The Balaban J connectivity index is 1.91. The highest BCUT2D eigenvalue weighted by molar-refractivity contribution is 9.10. The van der Waals surface area contributed by atoms with Crippen LogP contribution in [0.4, 0.5) is 4.39 Å². The van der Waals surface area contributed by atoms with Crippen molar-refractivity contribution in [1.29, 1.82) is 0 Å². The molecule has 0 saturated carbocycles. The van der Waals surface area contributed by atoms with Crippen molar-refractivity contribution in [2.75, 3.05) is 13.2 Å². The summed E-state index contributed by atoms with van der Waals surface area (Å²) in [6.45, 7) is 8.37. The Bertz CT molecular complexity index is 1180. The predicted molar refractivity (Wildman–Crippen MR) is 148 cm³/mol. The molecule has 0 saturated heterocycles. The molecule has 7 heteroatoms. The van der Waals surface area contributed by atoms with Crippen molar-refractivity contribution < 1.29 is 18.7 Å². The molecule has 0 aromatic heterocycles. The molecular weight excluding hydrogens is 535 g/mol. The Morgan fingerprint density at radius 1 is 0.973 bits per heavy atom. The molecule has 0 radical (unpaired) electrons. The topological polar surface area (TPSA) is 58.6 Å². The van der Waals surface area contributed by atoms with Gasteiger partial charge in [0, 0.05) is 24.0 Å². The Labute approximate surface area is 227 Å². The summed E-state index contributed by atoms with van der Waals surface area (Å²) >= 11 is 3.55. The zero-order chi connectivity index (χ0) is 26.9. The number of halogens is 2. The highest BCUT2D eigenvalue weighted by atomic mass is 79.9. The molecule has 0 aliphatic heterocycles. The zero-order valence-electron chi connectivity index (χ0n) is 21.8. The predicted octanol–water partition coefficient (Wildman–Crippen LogP) is 6.00. The molecule has 3 rings (SSSR count). The minimum absolute atomic E-state index is 0.146. The van der Waals surface area contributed by atoms with E-state index in [9.17, 15) is 14.0 Å². The summed E-state index contributed by atoms with van der Waals surface area (Å²) in [4.78, 5) is 28.6. The summed E-state index contributed by atoms with van der Waals surface area (Å²) in [5.41, 5.74) is 3.66. The van der Waals surface area contributed by atoms with Crippen LogP contribution in [0.25, 0.3) is 0 Å². The summed E-state index contributed by atoms with van der Waals surface area (Å²) in [6.07, 6.45) is 0.341. The first-order valence-corrected chi connectivity index (χ1v) is 13.2. The van der Waals surface area contributed by atoms with Gasteiger partial charge in [-0.05, 0) is 66.3 Å². The standard InChI is InChI=1S/C30H34BrFN2O3/c1-20(2)17-33-30(36)27(16-23-8-6-5-7-9-23)34(18-24-10-12-25(32)13-11-24)28(35)19-37-26-14-21(3)29(31)22(4)15-26/h5-15,20,27H,16-19H2,1-4H3,(H,33,36)/t27-/m0/s1. The monoisotopic (exact) mass is 568 g/mol. The lowest BCUT2D eigenvalue weighted by atomic mass is 10.0. The lowest BCUT2D eigenvalue weighted by molar-refractivity contribution is -0.142. The fourth-order valence-electron chi connectivity index (χ4n) is 3.98. The van der Waals surface area contributed by atoms with E-state index in [1.165, 1.54) is 17.0 Å². The first-order chi connectivity index (χ1) is 17.6. The van der Waals surface area contributed by atoms with Crippen LogP contribution in [0.5, 0.6) is 5.75 Å². The normalized spacial score (nSPS) is 11.8. The molecular formula is C30H34BrFN2O3. The zero-order valence-corrected chi connectivity index (χ0v) is 23.3. The maximum atomic E-state index is 13.6. The molecule has 196 valence electrons.